The van der Waals surface area contributed by atoms with E-state index < -0.39 is 12.0 Å². The molecule has 168 valence electrons. The second kappa shape index (κ2) is 8.21. The molecule has 2 aliphatic heterocycles. The minimum absolute atomic E-state index is 0.110. The van der Waals surface area contributed by atoms with Crippen molar-refractivity contribution < 1.29 is 18.6 Å². The Hall–Kier alpha value is -2.92. The van der Waals surface area contributed by atoms with Crippen molar-refractivity contribution >= 4 is 16.5 Å². The van der Waals surface area contributed by atoms with Crippen LogP contribution in [0.4, 0.5) is 13.9 Å². The molecule has 0 amide bonds. The average molecular weight is 461 g/mol. The van der Waals surface area contributed by atoms with Crippen LogP contribution in [-0.2, 0) is 0 Å². The number of methoxy groups -OCH3 is 1. The van der Waals surface area contributed by atoms with Crippen LogP contribution in [0.3, 0.4) is 0 Å². The van der Waals surface area contributed by atoms with Crippen molar-refractivity contribution in [1.29, 1.82) is 0 Å². The molecule has 2 aromatic heterocycles. The van der Waals surface area contributed by atoms with Gasteiger partial charge in [0, 0.05) is 30.8 Å². The van der Waals surface area contributed by atoms with Crippen LogP contribution in [0, 0.1) is 5.82 Å². The van der Waals surface area contributed by atoms with Gasteiger partial charge >= 0.3 is 0 Å². The summed E-state index contributed by atoms with van der Waals surface area (Å²) in [6.45, 7) is 0. The normalized spacial score (nSPS) is 24.5. The van der Waals surface area contributed by atoms with Crippen molar-refractivity contribution in [1.82, 2.24) is 25.5 Å². The van der Waals surface area contributed by atoms with Gasteiger partial charge in [-0.25, -0.2) is 18.7 Å². The Morgan fingerprint density at radius 1 is 1.19 bits per heavy atom. The van der Waals surface area contributed by atoms with Crippen LogP contribution in [0.5, 0.6) is 11.6 Å². The van der Waals surface area contributed by atoms with E-state index in [1.54, 1.807) is 7.05 Å². The lowest BCUT2D eigenvalue weighted by Crippen LogP contribution is -2.55. The third kappa shape index (κ3) is 3.65. The second-order valence-electron chi connectivity index (χ2n) is 8.09. The summed E-state index contributed by atoms with van der Waals surface area (Å²) in [6.07, 6.45) is 2.78. The number of rotatable bonds is 5. The number of nitrogens with one attached hydrogen (secondary N) is 1. The number of halogens is 2. The lowest BCUT2D eigenvalue weighted by atomic mass is 9.97. The number of benzene rings is 1. The highest BCUT2D eigenvalue weighted by molar-refractivity contribution is 7.18. The quantitative estimate of drug-likeness (QED) is 0.599. The zero-order chi connectivity index (χ0) is 22.4. The van der Waals surface area contributed by atoms with E-state index in [4.69, 9.17) is 4.74 Å². The zero-order valence-electron chi connectivity index (χ0n) is 17.5. The SMILES string of the molecule is COc1cc(-c2cc(O)c(-c3nnc(N(C)C4CC5CCC(N5)C4F)s3)cc2F)ncn1. The molecule has 0 spiro atoms. The number of phenols is 1. The first-order chi connectivity index (χ1) is 15.4. The number of piperidine rings is 1. The van der Waals surface area contributed by atoms with Crippen LogP contribution in [0.2, 0.25) is 0 Å². The van der Waals surface area contributed by atoms with E-state index in [-0.39, 0.29) is 40.5 Å². The summed E-state index contributed by atoms with van der Waals surface area (Å²) in [5.74, 6) is -0.456. The van der Waals surface area contributed by atoms with Gasteiger partial charge in [-0.3, -0.25) is 0 Å². The predicted molar refractivity (Wildman–Crippen MR) is 116 cm³/mol. The number of fused-ring (bicyclic) bond motifs is 2. The topological polar surface area (TPSA) is 96.3 Å². The Morgan fingerprint density at radius 2 is 2.03 bits per heavy atom. The summed E-state index contributed by atoms with van der Waals surface area (Å²) in [5.41, 5.74) is 0.606. The number of aromatic hydroxyl groups is 1. The molecule has 4 atom stereocenters. The van der Waals surface area contributed by atoms with E-state index in [2.05, 4.69) is 25.5 Å². The van der Waals surface area contributed by atoms with Gasteiger partial charge < -0.3 is 20.1 Å². The maximum atomic E-state index is 14.9. The summed E-state index contributed by atoms with van der Waals surface area (Å²) in [5, 5.41) is 23.1. The van der Waals surface area contributed by atoms with Crippen molar-refractivity contribution in [3.05, 3.63) is 30.3 Å². The third-order valence-corrected chi connectivity index (χ3v) is 7.26. The van der Waals surface area contributed by atoms with Gasteiger partial charge in [0.2, 0.25) is 11.0 Å². The van der Waals surface area contributed by atoms with Crippen LogP contribution in [0.25, 0.3) is 21.8 Å². The first-order valence-corrected chi connectivity index (χ1v) is 11.1. The van der Waals surface area contributed by atoms with Crippen LogP contribution in [0.15, 0.2) is 24.5 Å². The molecule has 0 radical (unpaired) electrons. The second-order valence-corrected chi connectivity index (χ2v) is 9.05. The molecule has 8 nitrogen and oxygen atoms in total. The zero-order valence-corrected chi connectivity index (χ0v) is 18.3. The molecule has 2 saturated heterocycles. The molecule has 32 heavy (non-hydrogen) atoms. The van der Waals surface area contributed by atoms with Gasteiger partial charge in [-0.15, -0.1) is 10.2 Å². The van der Waals surface area contributed by atoms with E-state index in [9.17, 15) is 13.9 Å². The summed E-state index contributed by atoms with van der Waals surface area (Å²) in [4.78, 5) is 9.77. The fourth-order valence-corrected chi connectivity index (χ4v) is 5.37. The molecule has 2 aliphatic rings. The molecule has 0 saturated carbocycles. The largest absolute Gasteiger partial charge is 0.507 e. The number of anilines is 1. The van der Waals surface area contributed by atoms with Crippen LogP contribution in [0.1, 0.15) is 19.3 Å². The molecule has 2 bridgehead atoms. The molecule has 2 fully saturated rings. The number of aromatic nitrogens is 4. The minimum atomic E-state index is -0.999. The molecule has 11 heteroatoms. The molecule has 1 aromatic carbocycles. The predicted octanol–water partition coefficient (Wildman–Crippen LogP) is 3.18. The standard InChI is InChI=1S/C21H22F2N6O2S/c1-29(16-5-10-3-4-14(26-10)19(16)23)21-28-27-20(32-21)12-6-13(22)11(7-17(12)30)15-8-18(31-2)25-9-24-15/h6-10,14,16,19,26,30H,3-5H2,1-2H3. The minimum Gasteiger partial charge on any atom is -0.507 e. The van der Waals surface area contributed by atoms with Crippen molar-refractivity contribution in [2.45, 2.75) is 43.6 Å². The number of phenolic OH excluding ortho intramolecular Hbond substituents is 1. The average Bonchev–Trinajstić information content (AvgIpc) is 3.45. The van der Waals surface area contributed by atoms with Gasteiger partial charge in [0.05, 0.1) is 24.4 Å². The fraction of sp³-hybridized carbons (Fsp3) is 0.429. The van der Waals surface area contributed by atoms with E-state index >= 15 is 0 Å². The van der Waals surface area contributed by atoms with E-state index in [1.807, 2.05) is 4.90 Å². The summed E-state index contributed by atoms with van der Waals surface area (Å²) < 4.78 is 34.9. The van der Waals surface area contributed by atoms with Gasteiger partial charge in [0.1, 0.15) is 24.1 Å². The first-order valence-electron chi connectivity index (χ1n) is 10.3. The van der Waals surface area contributed by atoms with Crippen molar-refractivity contribution in [3.8, 4) is 33.5 Å². The summed E-state index contributed by atoms with van der Waals surface area (Å²) in [6, 6.07) is 3.87. The van der Waals surface area contributed by atoms with Gasteiger partial charge in [-0.1, -0.05) is 11.3 Å². The van der Waals surface area contributed by atoms with E-state index in [0.29, 0.717) is 22.6 Å². The molecule has 3 aromatic rings. The van der Waals surface area contributed by atoms with Crippen molar-refractivity contribution in [2.24, 2.45) is 0 Å². The third-order valence-electron chi connectivity index (χ3n) is 6.21. The smallest absolute Gasteiger partial charge is 0.216 e. The van der Waals surface area contributed by atoms with Crippen LogP contribution >= 0.6 is 11.3 Å². The highest BCUT2D eigenvalue weighted by Gasteiger charge is 2.44. The molecule has 5 rings (SSSR count). The maximum absolute atomic E-state index is 14.9. The molecular weight excluding hydrogens is 438 g/mol. The lowest BCUT2D eigenvalue weighted by molar-refractivity contribution is 0.176. The monoisotopic (exact) mass is 460 g/mol. The lowest BCUT2D eigenvalue weighted by Gasteiger charge is -2.38. The number of ether oxygens (including phenoxy) is 1. The van der Waals surface area contributed by atoms with Crippen molar-refractivity contribution in [3.63, 3.8) is 0 Å². The molecule has 4 heterocycles. The number of hydrogen-bond acceptors (Lipinski definition) is 9. The first kappa shape index (κ1) is 21.0. The van der Waals surface area contributed by atoms with E-state index in [1.165, 1.54) is 43.0 Å². The van der Waals surface area contributed by atoms with Gasteiger partial charge in [-0.05, 0) is 31.4 Å². The summed E-state index contributed by atoms with van der Waals surface area (Å²) in [7, 11) is 3.26. The number of alkyl halides is 1. The van der Waals surface area contributed by atoms with Gasteiger partial charge in [0.25, 0.3) is 0 Å². The van der Waals surface area contributed by atoms with Crippen LogP contribution in [-0.4, -0.2) is 63.7 Å². The molecule has 4 unspecified atom stereocenters. The van der Waals surface area contributed by atoms with Gasteiger partial charge in [-0.2, -0.15) is 0 Å². The number of hydrogen-bond donors (Lipinski definition) is 2. The Labute approximate surface area is 187 Å². The van der Waals surface area contributed by atoms with Gasteiger partial charge in [0.15, 0.2) is 5.01 Å². The highest BCUT2D eigenvalue weighted by Crippen LogP contribution is 2.40. The van der Waals surface area contributed by atoms with E-state index in [0.717, 1.165) is 12.8 Å². The fourth-order valence-electron chi connectivity index (χ4n) is 4.49. The Balaban J connectivity index is 1.42. The molecule has 2 N–H and O–H groups in total. The Morgan fingerprint density at radius 3 is 2.84 bits per heavy atom. The van der Waals surface area contributed by atoms with Crippen molar-refractivity contribution in [2.75, 3.05) is 19.1 Å². The summed E-state index contributed by atoms with van der Waals surface area (Å²) >= 11 is 1.19. The molecular formula is C21H22F2N6O2S. The van der Waals surface area contributed by atoms with Crippen LogP contribution < -0.4 is 15.0 Å². The highest BCUT2D eigenvalue weighted by atomic mass is 32.1. The number of nitrogens with zero attached hydrogens (tertiary/aromatic N) is 5. The maximum Gasteiger partial charge on any atom is 0.216 e. The molecule has 0 aliphatic carbocycles. The Bertz CT molecular complexity index is 1150. The Kier molecular flexibility index (Phi) is 5.38.